The molecular weight excluding hydrogens is 457 g/mol. The molecule has 8 heteroatoms. The number of hydrogen-bond acceptors (Lipinski definition) is 2. The number of methoxy groups -OCH3 is 2. The molecule has 0 spiro atoms. The van der Waals surface area contributed by atoms with E-state index in [-0.39, 0.29) is 11.8 Å². The Labute approximate surface area is 204 Å². The van der Waals surface area contributed by atoms with Crippen LogP contribution >= 0.6 is 0 Å². The molecule has 3 aromatic rings. The third-order valence-electron chi connectivity index (χ3n) is 6.01. The van der Waals surface area contributed by atoms with E-state index in [0.29, 0.717) is 0 Å². The number of hydrogen-bond donors (Lipinski definition) is 0. The van der Waals surface area contributed by atoms with E-state index in [2.05, 4.69) is 89.7 Å². The topological polar surface area (TPSA) is 21.5 Å². The van der Waals surface area contributed by atoms with Crippen LogP contribution in [0.1, 0.15) is 41.4 Å². The van der Waals surface area contributed by atoms with Crippen LogP contribution in [-0.4, -0.2) is 45.4 Å². The summed E-state index contributed by atoms with van der Waals surface area (Å²) in [5, 5.41) is 0. The SMILES string of the molecule is COc1ccc(C(c2ccc(OC)cc2)[C@@H](C=[N+]2CCCC2)c2ccccc2)cc1.F[B-](F)(F)F. The molecule has 0 bridgehead atoms. The molecule has 0 aliphatic carbocycles. The number of rotatable bonds is 7. The van der Waals surface area contributed by atoms with E-state index in [1.165, 1.54) is 29.5 Å². The highest BCUT2D eigenvalue weighted by Crippen LogP contribution is 2.39. The summed E-state index contributed by atoms with van der Waals surface area (Å²) >= 11 is 0. The molecule has 0 saturated carbocycles. The van der Waals surface area contributed by atoms with Gasteiger partial charge in [-0.25, -0.2) is 4.58 Å². The highest BCUT2D eigenvalue weighted by atomic mass is 19.5. The van der Waals surface area contributed by atoms with E-state index in [9.17, 15) is 17.3 Å². The maximum Gasteiger partial charge on any atom is 0.673 e. The minimum Gasteiger partial charge on any atom is -0.497 e. The van der Waals surface area contributed by atoms with Gasteiger partial charge >= 0.3 is 7.25 Å². The first-order chi connectivity index (χ1) is 16.8. The molecule has 0 aromatic heterocycles. The molecule has 1 aliphatic heterocycles. The van der Waals surface area contributed by atoms with Gasteiger partial charge in [0.2, 0.25) is 0 Å². The molecule has 1 saturated heterocycles. The summed E-state index contributed by atoms with van der Waals surface area (Å²) < 4.78 is 52.3. The van der Waals surface area contributed by atoms with Crippen LogP contribution in [0.2, 0.25) is 0 Å². The van der Waals surface area contributed by atoms with Crippen LogP contribution in [0.25, 0.3) is 0 Å². The second kappa shape index (κ2) is 12.4. The molecule has 0 radical (unpaired) electrons. The van der Waals surface area contributed by atoms with Crippen molar-refractivity contribution in [2.75, 3.05) is 27.3 Å². The van der Waals surface area contributed by atoms with Crippen molar-refractivity contribution < 1.29 is 31.3 Å². The molecule has 3 nitrogen and oxygen atoms in total. The van der Waals surface area contributed by atoms with E-state index >= 15 is 0 Å². The van der Waals surface area contributed by atoms with Gasteiger partial charge in [0.1, 0.15) is 30.8 Å². The lowest BCUT2D eigenvalue weighted by Gasteiger charge is -2.25. The van der Waals surface area contributed by atoms with Gasteiger partial charge in [-0.05, 0) is 41.0 Å². The van der Waals surface area contributed by atoms with Crippen molar-refractivity contribution in [3.05, 3.63) is 95.6 Å². The highest BCUT2D eigenvalue weighted by molar-refractivity contribution is 6.50. The van der Waals surface area contributed by atoms with Gasteiger partial charge in [0, 0.05) is 18.8 Å². The first-order valence-electron chi connectivity index (χ1n) is 11.6. The van der Waals surface area contributed by atoms with Crippen LogP contribution in [-0.2, 0) is 0 Å². The Hall–Kier alpha value is -3.29. The Balaban J connectivity index is 0.000000623. The average molecular weight is 487 g/mol. The molecule has 0 amide bonds. The lowest BCUT2D eigenvalue weighted by molar-refractivity contribution is -0.502. The Morgan fingerprint density at radius 2 is 1.11 bits per heavy atom. The van der Waals surface area contributed by atoms with Crippen molar-refractivity contribution in [3.8, 4) is 11.5 Å². The summed E-state index contributed by atoms with van der Waals surface area (Å²) in [6, 6.07) is 27.9. The van der Waals surface area contributed by atoms with Crippen LogP contribution in [0.3, 0.4) is 0 Å². The fourth-order valence-electron chi connectivity index (χ4n) is 4.39. The van der Waals surface area contributed by atoms with Gasteiger partial charge in [-0.2, -0.15) is 0 Å². The van der Waals surface area contributed by atoms with Gasteiger partial charge in [-0.1, -0.05) is 54.6 Å². The monoisotopic (exact) mass is 487 g/mol. The van der Waals surface area contributed by atoms with Crippen molar-refractivity contribution in [2.45, 2.75) is 24.7 Å². The second-order valence-corrected chi connectivity index (χ2v) is 8.35. The lowest BCUT2D eigenvalue weighted by atomic mass is 9.77. The van der Waals surface area contributed by atoms with E-state index in [1.54, 1.807) is 14.2 Å². The fraction of sp³-hybridized carbons (Fsp3) is 0.296. The van der Waals surface area contributed by atoms with E-state index < -0.39 is 7.25 Å². The zero-order valence-electron chi connectivity index (χ0n) is 19.9. The Morgan fingerprint density at radius 1 is 0.686 bits per heavy atom. The standard InChI is InChI=1S/C27H30NO2.BF4/c1-29-24-14-10-22(11-15-24)27(23-12-16-25(30-2)17-13-23)26(20-28-18-6-7-19-28)21-8-4-3-5-9-21;2-1(3,4)5/h3-5,8-17,20,26-27H,6-7,18-19H2,1-2H3;/q+1;-1/t26-;/m0./s1. The van der Waals surface area contributed by atoms with Gasteiger partial charge < -0.3 is 26.7 Å². The maximum absolute atomic E-state index is 9.75. The predicted octanol–water partition coefficient (Wildman–Crippen LogP) is 6.80. The number of nitrogens with zero attached hydrogens (tertiary/aromatic N) is 1. The molecule has 1 heterocycles. The molecule has 3 aromatic carbocycles. The zero-order valence-corrected chi connectivity index (χ0v) is 19.9. The summed E-state index contributed by atoms with van der Waals surface area (Å²) in [7, 11) is -2.58. The molecule has 0 unspecified atom stereocenters. The van der Waals surface area contributed by atoms with Crippen molar-refractivity contribution in [3.63, 3.8) is 0 Å². The van der Waals surface area contributed by atoms with Gasteiger partial charge in [-0.3, -0.25) is 0 Å². The van der Waals surface area contributed by atoms with Crippen molar-refractivity contribution in [2.24, 2.45) is 0 Å². The summed E-state index contributed by atoms with van der Waals surface area (Å²) in [6.45, 7) is 2.28. The van der Waals surface area contributed by atoms with E-state index in [0.717, 1.165) is 24.6 Å². The molecule has 1 fully saturated rings. The van der Waals surface area contributed by atoms with Gasteiger partial charge in [-0.15, -0.1) is 0 Å². The summed E-state index contributed by atoms with van der Waals surface area (Å²) in [6.07, 6.45) is 5.00. The minimum absolute atomic E-state index is 0.199. The number of halogens is 4. The molecule has 1 aliphatic rings. The van der Waals surface area contributed by atoms with Crippen molar-refractivity contribution in [1.29, 1.82) is 0 Å². The van der Waals surface area contributed by atoms with Gasteiger partial charge in [0.15, 0.2) is 0 Å². The summed E-state index contributed by atoms with van der Waals surface area (Å²) in [5.74, 6) is 2.20. The van der Waals surface area contributed by atoms with Crippen molar-refractivity contribution >= 4 is 13.5 Å². The third kappa shape index (κ3) is 8.16. The van der Waals surface area contributed by atoms with E-state index in [1.807, 2.05) is 0 Å². The fourth-order valence-corrected chi connectivity index (χ4v) is 4.39. The number of ether oxygens (including phenoxy) is 2. The molecule has 0 N–H and O–H groups in total. The molecule has 186 valence electrons. The quantitative estimate of drug-likeness (QED) is 0.208. The molecule has 4 rings (SSSR count). The van der Waals surface area contributed by atoms with Crippen LogP contribution in [0, 0.1) is 0 Å². The summed E-state index contributed by atoms with van der Waals surface area (Å²) in [5.41, 5.74) is 3.90. The van der Waals surface area contributed by atoms with Crippen LogP contribution in [0.5, 0.6) is 11.5 Å². The Kier molecular flexibility index (Phi) is 9.35. The smallest absolute Gasteiger partial charge is 0.497 e. The second-order valence-electron chi connectivity index (χ2n) is 8.35. The minimum atomic E-state index is -6.00. The predicted molar refractivity (Wildman–Crippen MR) is 132 cm³/mol. The number of benzene rings is 3. The van der Waals surface area contributed by atoms with Crippen LogP contribution in [0.4, 0.5) is 17.3 Å². The van der Waals surface area contributed by atoms with Crippen LogP contribution in [0.15, 0.2) is 78.9 Å². The third-order valence-corrected chi connectivity index (χ3v) is 6.01. The Bertz CT molecular complexity index is 1010. The molecule has 35 heavy (non-hydrogen) atoms. The van der Waals surface area contributed by atoms with E-state index in [4.69, 9.17) is 9.47 Å². The summed E-state index contributed by atoms with van der Waals surface area (Å²) in [4.78, 5) is 0. The lowest BCUT2D eigenvalue weighted by Crippen LogP contribution is -2.20. The Morgan fingerprint density at radius 3 is 1.51 bits per heavy atom. The highest BCUT2D eigenvalue weighted by Gasteiger charge is 2.29. The first kappa shape index (κ1) is 26.3. The maximum atomic E-state index is 9.75. The molecular formula is C27H30BF4NO2. The first-order valence-corrected chi connectivity index (χ1v) is 11.6. The van der Waals surface area contributed by atoms with Crippen molar-refractivity contribution in [1.82, 2.24) is 0 Å². The zero-order chi connectivity index (χ0) is 25.3. The van der Waals surface area contributed by atoms with Gasteiger partial charge in [0.25, 0.3) is 0 Å². The van der Waals surface area contributed by atoms with Crippen LogP contribution < -0.4 is 9.47 Å². The largest absolute Gasteiger partial charge is 0.673 e. The average Bonchev–Trinajstić information content (AvgIpc) is 3.37. The van der Waals surface area contributed by atoms with Gasteiger partial charge in [0.05, 0.1) is 20.1 Å². The molecule has 1 atom stereocenters. The normalized spacial score (nSPS) is 14.2.